The second kappa shape index (κ2) is 11.4. The molecule has 0 amide bonds. The molecular weight excluding hydrogens is 508 g/mol. The first-order valence-electron chi connectivity index (χ1n) is 12.3. The van der Waals surface area contributed by atoms with E-state index < -0.39 is 10.9 Å². The van der Waals surface area contributed by atoms with Crippen molar-refractivity contribution < 1.29 is 14.5 Å². The third-order valence-corrected chi connectivity index (χ3v) is 6.02. The zero-order valence-corrected chi connectivity index (χ0v) is 21.3. The molecule has 9 heteroatoms. The van der Waals surface area contributed by atoms with E-state index in [9.17, 15) is 19.7 Å². The number of para-hydroxylation sites is 2. The lowest BCUT2D eigenvalue weighted by molar-refractivity contribution is -0.384. The summed E-state index contributed by atoms with van der Waals surface area (Å²) < 4.78 is 6.75. The summed E-state index contributed by atoms with van der Waals surface area (Å²) in [4.78, 5) is 41.0. The van der Waals surface area contributed by atoms with Crippen molar-refractivity contribution in [2.45, 2.75) is 6.92 Å². The van der Waals surface area contributed by atoms with Gasteiger partial charge in [-0.3, -0.25) is 14.9 Å². The van der Waals surface area contributed by atoms with Crippen LogP contribution in [0, 0.1) is 17.0 Å². The van der Waals surface area contributed by atoms with Crippen molar-refractivity contribution in [2.24, 2.45) is 5.10 Å². The number of rotatable bonds is 7. The molecule has 0 fully saturated rings. The lowest BCUT2D eigenvalue weighted by Gasteiger charge is -2.10. The number of hydrogen-bond acceptors (Lipinski definition) is 7. The fourth-order valence-electron chi connectivity index (χ4n) is 3.93. The molecule has 0 radical (unpaired) electrons. The minimum Gasteiger partial charge on any atom is -0.423 e. The zero-order valence-electron chi connectivity index (χ0n) is 21.3. The summed E-state index contributed by atoms with van der Waals surface area (Å²) in [5.74, 6) is -0.0344. The Labute approximate surface area is 228 Å². The van der Waals surface area contributed by atoms with E-state index in [0.717, 1.165) is 11.1 Å². The number of aromatic nitrogens is 2. The number of aryl methyl sites for hydroxylation is 1. The molecular formula is C31H22N4O5. The van der Waals surface area contributed by atoms with Crippen molar-refractivity contribution >= 4 is 34.9 Å². The SMILES string of the molecule is Cc1ccc(-c2nc3ccccc3c(=O)n2N=Cc2ccccc2OC(=O)/C=C/c2ccc([N+](=O)[O-])cc2)cc1. The third-order valence-electron chi connectivity index (χ3n) is 6.02. The van der Waals surface area contributed by atoms with E-state index in [-0.39, 0.29) is 17.0 Å². The van der Waals surface area contributed by atoms with Crippen LogP contribution in [0.2, 0.25) is 0 Å². The maximum Gasteiger partial charge on any atom is 0.336 e. The Balaban J connectivity index is 1.45. The van der Waals surface area contributed by atoms with Gasteiger partial charge in [0.15, 0.2) is 5.82 Å². The van der Waals surface area contributed by atoms with E-state index >= 15 is 0 Å². The Kier molecular flexibility index (Phi) is 7.36. The summed E-state index contributed by atoms with van der Waals surface area (Å²) in [6.45, 7) is 1.97. The summed E-state index contributed by atoms with van der Waals surface area (Å²) in [6.07, 6.45) is 4.16. The fourth-order valence-corrected chi connectivity index (χ4v) is 3.93. The number of fused-ring (bicyclic) bond motifs is 1. The summed E-state index contributed by atoms with van der Waals surface area (Å²) in [7, 11) is 0. The highest BCUT2D eigenvalue weighted by molar-refractivity contribution is 5.91. The summed E-state index contributed by atoms with van der Waals surface area (Å²) in [6, 6.07) is 27.2. The predicted molar refractivity (Wildman–Crippen MR) is 153 cm³/mol. The van der Waals surface area contributed by atoms with Gasteiger partial charge in [0.05, 0.1) is 22.0 Å². The van der Waals surface area contributed by atoms with Gasteiger partial charge in [0.25, 0.3) is 11.2 Å². The van der Waals surface area contributed by atoms with E-state index in [2.05, 4.69) is 5.10 Å². The normalized spacial score (nSPS) is 11.3. The predicted octanol–water partition coefficient (Wildman–Crippen LogP) is 5.78. The number of ether oxygens (including phenoxy) is 1. The number of carbonyl (C=O) groups excluding carboxylic acids is 1. The average Bonchev–Trinajstić information content (AvgIpc) is 2.97. The van der Waals surface area contributed by atoms with Gasteiger partial charge in [-0.25, -0.2) is 9.78 Å². The van der Waals surface area contributed by atoms with Crippen LogP contribution in [0.15, 0.2) is 113 Å². The number of non-ortho nitro benzene ring substituents is 1. The standard InChI is InChI=1S/C31H22N4O5/c1-21-10-15-23(16-11-21)30-33-27-8-4-3-7-26(27)31(37)34(30)32-20-24-6-2-5-9-28(24)40-29(36)19-14-22-12-17-25(18-13-22)35(38)39/h2-20H,1H3/b19-14+,32-20?. The summed E-state index contributed by atoms with van der Waals surface area (Å²) >= 11 is 0. The Bertz CT molecular complexity index is 1840. The molecule has 1 heterocycles. The molecule has 9 nitrogen and oxygen atoms in total. The molecule has 0 spiro atoms. The molecule has 1 aromatic heterocycles. The van der Waals surface area contributed by atoms with Gasteiger partial charge < -0.3 is 4.74 Å². The molecule has 5 aromatic rings. The van der Waals surface area contributed by atoms with Crippen molar-refractivity contribution in [2.75, 3.05) is 0 Å². The largest absolute Gasteiger partial charge is 0.423 e. The van der Waals surface area contributed by atoms with E-state index in [1.54, 1.807) is 42.5 Å². The Morgan fingerprint density at radius 3 is 2.40 bits per heavy atom. The molecule has 4 aromatic carbocycles. The molecule has 0 aliphatic rings. The van der Waals surface area contributed by atoms with Crippen molar-refractivity contribution in [1.82, 2.24) is 9.66 Å². The average molecular weight is 531 g/mol. The molecule has 0 atom stereocenters. The fraction of sp³-hybridized carbons (Fsp3) is 0.0323. The van der Waals surface area contributed by atoms with Gasteiger partial charge in [-0.1, -0.05) is 54.1 Å². The van der Waals surface area contributed by atoms with Gasteiger partial charge in [-0.15, -0.1) is 0 Å². The Morgan fingerprint density at radius 1 is 0.950 bits per heavy atom. The van der Waals surface area contributed by atoms with Gasteiger partial charge in [-0.2, -0.15) is 9.78 Å². The second-order valence-corrected chi connectivity index (χ2v) is 8.82. The van der Waals surface area contributed by atoms with E-state index in [1.807, 2.05) is 37.3 Å². The quantitative estimate of drug-likeness (QED) is 0.0657. The third kappa shape index (κ3) is 5.73. The maximum atomic E-state index is 13.4. The van der Waals surface area contributed by atoms with Gasteiger partial charge in [-0.05, 0) is 55.0 Å². The minimum absolute atomic E-state index is 0.0424. The van der Waals surface area contributed by atoms with Gasteiger partial charge >= 0.3 is 5.97 Å². The van der Waals surface area contributed by atoms with E-state index in [1.165, 1.54) is 47.3 Å². The first-order chi connectivity index (χ1) is 19.4. The molecule has 40 heavy (non-hydrogen) atoms. The lowest BCUT2D eigenvalue weighted by atomic mass is 10.1. The highest BCUT2D eigenvalue weighted by Gasteiger charge is 2.13. The molecule has 5 rings (SSSR count). The number of carbonyl (C=O) groups is 1. The van der Waals surface area contributed by atoms with Crippen LogP contribution in [-0.2, 0) is 4.79 Å². The molecule has 0 bridgehead atoms. The second-order valence-electron chi connectivity index (χ2n) is 8.82. The van der Waals surface area contributed by atoms with Crippen LogP contribution in [-0.4, -0.2) is 26.8 Å². The molecule has 0 saturated heterocycles. The van der Waals surface area contributed by atoms with Crippen molar-refractivity contribution in [3.05, 3.63) is 140 Å². The number of nitro benzene ring substituents is 1. The van der Waals surface area contributed by atoms with Crippen molar-refractivity contribution in [3.63, 3.8) is 0 Å². The highest BCUT2D eigenvalue weighted by atomic mass is 16.6. The van der Waals surface area contributed by atoms with E-state index in [4.69, 9.17) is 9.72 Å². The Morgan fingerprint density at radius 2 is 1.65 bits per heavy atom. The minimum atomic E-state index is -0.649. The first-order valence-corrected chi connectivity index (χ1v) is 12.3. The molecule has 0 aliphatic heterocycles. The smallest absolute Gasteiger partial charge is 0.336 e. The van der Waals surface area contributed by atoms with Crippen LogP contribution >= 0.6 is 0 Å². The van der Waals surface area contributed by atoms with Crippen LogP contribution in [0.1, 0.15) is 16.7 Å². The van der Waals surface area contributed by atoms with Crippen LogP contribution in [0.3, 0.4) is 0 Å². The topological polar surface area (TPSA) is 117 Å². The number of esters is 1. The number of nitrogens with zero attached hydrogens (tertiary/aromatic N) is 4. The molecule has 0 aliphatic carbocycles. The first kappa shape index (κ1) is 25.9. The number of nitro groups is 1. The van der Waals surface area contributed by atoms with Crippen LogP contribution in [0.25, 0.3) is 28.4 Å². The summed E-state index contributed by atoms with van der Waals surface area (Å²) in [5.41, 5.74) is 3.04. The monoisotopic (exact) mass is 530 g/mol. The van der Waals surface area contributed by atoms with Crippen molar-refractivity contribution in [3.8, 4) is 17.1 Å². The van der Waals surface area contributed by atoms with Gasteiger partial charge in [0, 0.05) is 29.3 Å². The van der Waals surface area contributed by atoms with Crippen LogP contribution < -0.4 is 10.3 Å². The maximum absolute atomic E-state index is 13.4. The van der Waals surface area contributed by atoms with Crippen LogP contribution in [0.4, 0.5) is 5.69 Å². The number of hydrogen-bond donors (Lipinski definition) is 0. The Hall–Kier alpha value is -5.70. The van der Waals surface area contributed by atoms with Crippen molar-refractivity contribution in [1.29, 1.82) is 0 Å². The molecule has 0 N–H and O–H groups in total. The van der Waals surface area contributed by atoms with Crippen LogP contribution in [0.5, 0.6) is 5.75 Å². The van der Waals surface area contributed by atoms with Gasteiger partial charge in [0.2, 0.25) is 0 Å². The zero-order chi connectivity index (χ0) is 28.1. The number of benzene rings is 4. The van der Waals surface area contributed by atoms with E-state index in [0.29, 0.717) is 27.9 Å². The molecule has 0 saturated carbocycles. The van der Waals surface area contributed by atoms with Gasteiger partial charge in [0.1, 0.15) is 5.75 Å². The molecule has 196 valence electrons. The summed E-state index contributed by atoms with van der Waals surface area (Å²) in [5, 5.41) is 15.7. The highest BCUT2D eigenvalue weighted by Crippen LogP contribution is 2.21. The molecule has 0 unspecified atom stereocenters. The lowest BCUT2D eigenvalue weighted by Crippen LogP contribution is -2.20.